The first-order valence-corrected chi connectivity index (χ1v) is 9.28. The Hall–Kier alpha value is -2.12. The fraction of sp³-hybridized carbons (Fsp3) is 0.429. The van der Waals surface area contributed by atoms with Crippen LogP contribution in [0.2, 0.25) is 0 Å². The lowest BCUT2D eigenvalue weighted by molar-refractivity contribution is -0.268. The zero-order chi connectivity index (χ0) is 20.4. The van der Waals surface area contributed by atoms with Crippen LogP contribution < -0.4 is 10.5 Å². The second-order valence-corrected chi connectivity index (χ2v) is 7.39. The molecule has 1 saturated carbocycles. The summed E-state index contributed by atoms with van der Waals surface area (Å²) in [7, 11) is 0. The molecular weight excluding hydrogens is 374 g/mol. The fourth-order valence-corrected chi connectivity index (χ4v) is 3.78. The van der Waals surface area contributed by atoms with Crippen LogP contribution in [0.1, 0.15) is 43.6 Å². The van der Waals surface area contributed by atoms with Crippen molar-refractivity contribution in [3.8, 4) is 11.5 Å². The van der Waals surface area contributed by atoms with Crippen molar-refractivity contribution in [2.24, 2.45) is 11.7 Å². The Balaban J connectivity index is 1.89. The fourth-order valence-electron chi connectivity index (χ4n) is 3.78. The third-order valence-corrected chi connectivity index (χ3v) is 5.34. The number of nitrogens with two attached hydrogens (primary N) is 1. The summed E-state index contributed by atoms with van der Waals surface area (Å²) in [6.07, 6.45) is -1.22. The number of rotatable bonds is 6. The molecule has 2 unspecified atom stereocenters. The highest BCUT2D eigenvalue weighted by molar-refractivity contribution is 5.36. The molecule has 0 bridgehead atoms. The minimum Gasteiger partial charge on any atom is -0.457 e. The molecule has 3 nitrogen and oxygen atoms in total. The quantitative estimate of drug-likeness (QED) is 0.500. The van der Waals surface area contributed by atoms with E-state index in [0.29, 0.717) is 11.5 Å². The molecule has 28 heavy (non-hydrogen) atoms. The molecule has 2 aromatic rings. The van der Waals surface area contributed by atoms with Crippen LogP contribution in [0.25, 0.3) is 0 Å². The Morgan fingerprint density at radius 2 is 1.68 bits per heavy atom. The topological polar surface area (TPSA) is 55.5 Å². The van der Waals surface area contributed by atoms with E-state index in [-0.39, 0.29) is 17.9 Å². The first kappa shape index (κ1) is 20.6. The molecule has 3 rings (SSSR count). The van der Waals surface area contributed by atoms with Crippen molar-refractivity contribution in [1.82, 2.24) is 0 Å². The minimum atomic E-state index is -4.97. The second-order valence-electron chi connectivity index (χ2n) is 7.39. The van der Waals surface area contributed by atoms with E-state index in [0.717, 1.165) is 25.7 Å². The summed E-state index contributed by atoms with van der Waals surface area (Å²) in [5, 5.41) is 10.2. The van der Waals surface area contributed by atoms with E-state index in [1.165, 1.54) is 36.4 Å². The summed E-state index contributed by atoms with van der Waals surface area (Å²) in [6.45, 7) is 0. The van der Waals surface area contributed by atoms with Crippen molar-refractivity contribution in [2.45, 2.75) is 49.9 Å². The monoisotopic (exact) mass is 397 g/mol. The molecule has 0 radical (unpaired) electrons. The van der Waals surface area contributed by atoms with E-state index in [1.807, 2.05) is 0 Å². The lowest BCUT2D eigenvalue weighted by atomic mass is 9.80. The van der Waals surface area contributed by atoms with Gasteiger partial charge in [0, 0.05) is 5.92 Å². The molecule has 152 valence electrons. The summed E-state index contributed by atoms with van der Waals surface area (Å²) in [4.78, 5) is 0. The highest BCUT2D eigenvalue weighted by Gasteiger charge is 2.56. The molecule has 0 aromatic heterocycles. The molecule has 3 N–H and O–H groups in total. The van der Waals surface area contributed by atoms with Crippen LogP contribution in [0, 0.1) is 11.7 Å². The molecule has 0 spiro atoms. The lowest BCUT2D eigenvalue weighted by Crippen LogP contribution is -2.58. The third-order valence-electron chi connectivity index (χ3n) is 5.34. The van der Waals surface area contributed by atoms with Crippen LogP contribution in [0.5, 0.6) is 11.5 Å². The van der Waals surface area contributed by atoms with Crippen molar-refractivity contribution in [3.05, 3.63) is 59.9 Å². The maximum Gasteiger partial charge on any atom is 0.431 e. The number of hydrogen-bond donors (Lipinski definition) is 2. The Kier molecular flexibility index (Phi) is 5.95. The highest BCUT2D eigenvalue weighted by atomic mass is 19.4. The van der Waals surface area contributed by atoms with Crippen molar-refractivity contribution in [2.75, 3.05) is 0 Å². The van der Waals surface area contributed by atoms with E-state index >= 15 is 0 Å². The third kappa shape index (κ3) is 4.64. The van der Waals surface area contributed by atoms with Gasteiger partial charge in [0.2, 0.25) is 5.72 Å². The normalized spacial score (nSPS) is 18.6. The molecular formula is C21H23F4NO2. The molecule has 1 aliphatic carbocycles. The Morgan fingerprint density at radius 3 is 2.29 bits per heavy atom. The van der Waals surface area contributed by atoms with Gasteiger partial charge in [-0.3, -0.25) is 5.73 Å². The van der Waals surface area contributed by atoms with Crippen molar-refractivity contribution >= 4 is 0 Å². The van der Waals surface area contributed by atoms with Crippen molar-refractivity contribution < 1.29 is 27.4 Å². The zero-order valence-corrected chi connectivity index (χ0v) is 15.3. The first-order valence-electron chi connectivity index (χ1n) is 9.28. The van der Waals surface area contributed by atoms with Crippen LogP contribution >= 0.6 is 0 Å². The summed E-state index contributed by atoms with van der Waals surface area (Å²) in [6, 6.07) is 11.4. The van der Waals surface area contributed by atoms with Gasteiger partial charge in [0.15, 0.2) is 0 Å². The zero-order valence-electron chi connectivity index (χ0n) is 15.3. The average molecular weight is 397 g/mol. The van der Waals surface area contributed by atoms with E-state index in [1.54, 1.807) is 12.1 Å². The summed E-state index contributed by atoms with van der Waals surface area (Å²) < 4.78 is 59.1. The Bertz CT molecular complexity index is 784. The molecule has 2 aromatic carbocycles. The predicted octanol–water partition coefficient (Wildman–Crippen LogP) is 5.49. The number of aliphatic hydroxyl groups is 1. The number of alkyl halides is 3. The van der Waals surface area contributed by atoms with Gasteiger partial charge in [-0.15, -0.1) is 0 Å². The maximum atomic E-state index is 13.5. The Morgan fingerprint density at radius 1 is 1.04 bits per heavy atom. The van der Waals surface area contributed by atoms with Gasteiger partial charge in [-0.25, -0.2) is 4.39 Å². The van der Waals surface area contributed by atoms with Crippen LogP contribution in [0.15, 0.2) is 48.5 Å². The Labute approximate surface area is 161 Å². The minimum absolute atomic E-state index is 0.0871. The van der Waals surface area contributed by atoms with Gasteiger partial charge in [-0.2, -0.15) is 13.2 Å². The molecule has 0 amide bonds. The van der Waals surface area contributed by atoms with Crippen LogP contribution in [0.3, 0.4) is 0 Å². The average Bonchev–Trinajstić information content (AvgIpc) is 3.14. The van der Waals surface area contributed by atoms with E-state index in [2.05, 4.69) is 0 Å². The number of ether oxygens (including phenoxy) is 1. The van der Waals surface area contributed by atoms with E-state index < -0.39 is 23.6 Å². The van der Waals surface area contributed by atoms with E-state index in [4.69, 9.17) is 10.5 Å². The number of halogens is 4. The van der Waals surface area contributed by atoms with Crippen LogP contribution in [-0.2, 0) is 0 Å². The summed E-state index contributed by atoms with van der Waals surface area (Å²) in [5.41, 5.74) is 2.33. The van der Waals surface area contributed by atoms with Gasteiger partial charge in [-0.05, 0) is 54.3 Å². The molecule has 0 saturated heterocycles. The van der Waals surface area contributed by atoms with Gasteiger partial charge in [0.25, 0.3) is 0 Å². The first-order chi connectivity index (χ1) is 13.2. The highest BCUT2D eigenvalue weighted by Crippen LogP contribution is 2.44. The van der Waals surface area contributed by atoms with Gasteiger partial charge >= 0.3 is 6.18 Å². The predicted molar refractivity (Wildman–Crippen MR) is 97.4 cm³/mol. The van der Waals surface area contributed by atoms with Crippen molar-refractivity contribution in [3.63, 3.8) is 0 Å². The number of hydrogen-bond acceptors (Lipinski definition) is 3. The maximum absolute atomic E-state index is 13.5. The van der Waals surface area contributed by atoms with Crippen LogP contribution in [-0.4, -0.2) is 17.0 Å². The summed E-state index contributed by atoms with van der Waals surface area (Å²) in [5.74, 6) is -1.00. The lowest BCUT2D eigenvalue weighted by Gasteiger charge is -2.36. The van der Waals surface area contributed by atoms with Gasteiger partial charge < -0.3 is 9.84 Å². The largest absolute Gasteiger partial charge is 0.457 e. The molecule has 1 aliphatic rings. The summed E-state index contributed by atoms with van der Waals surface area (Å²) >= 11 is 0. The molecule has 7 heteroatoms. The second kappa shape index (κ2) is 8.09. The molecule has 1 fully saturated rings. The molecule has 0 heterocycles. The van der Waals surface area contributed by atoms with Crippen molar-refractivity contribution in [1.29, 1.82) is 0 Å². The standard InChI is InChI=1S/C21H23F4NO2/c22-16-8-10-17(11-9-16)28-18-7-3-6-15(13-18)19(12-14-4-1-2-5-14)20(26,27)21(23,24)25/h3,6-11,13-14,19,27H,1-2,4-5,12,26H2. The van der Waals surface area contributed by atoms with Gasteiger partial charge in [0.05, 0.1) is 0 Å². The van der Waals surface area contributed by atoms with Crippen LogP contribution in [0.4, 0.5) is 17.6 Å². The van der Waals surface area contributed by atoms with Gasteiger partial charge in [-0.1, -0.05) is 37.8 Å². The molecule has 2 atom stereocenters. The smallest absolute Gasteiger partial charge is 0.431 e. The molecule has 0 aliphatic heterocycles. The SMILES string of the molecule is NC(O)(C(CC1CCCC1)c1cccc(Oc2ccc(F)cc2)c1)C(F)(F)F. The van der Waals surface area contributed by atoms with Gasteiger partial charge in [0.1, 0.15) is 17.3 Å². The van der Waals surface area contributed by atoms with E-state index in [9.17, 15) is 22.7 Å². The number of benzene rings is 2.